The summed E-state index contributed by atoms with van der Waals surface area (Å²) in [4.78, 5) is 22.2. The Hall–Kier alpha value is -2.11. The molecular formula is C13H19N3O3. The molecule has 1 aromatic carbocycles. The fourth-order valence-corrected chi connectivity index (χ4v) is 1.72. The van der Waals surface area contributed by atoms with E-state index in [9.17, 15) is 14.9 Å². The summed E-state index contributed by atoms with van der Waals surface area (Å²) in [5, 5.41) is 16.4. The van der Waals surface area contributed by atoms with Crippen LogP contribution in [0, 0.1) is 10.1 Å². The molecule has 2 N–H and O–H groups in total. The van der Waals surface area contributed by atoms with Crippen LogP contribution in [-0.4, -0.2) is 24.4 Å². The third-order valence-electron chi connectivity index (χ3n) is 2.79. The largest absolute Gasteiger partial charge is 0.387 e. The molecule has 0 aliphatic heterocycles. The average Bonchev–Trinajstić information content (AvgIpc) is 2.42. The van der Waals surface area contributed by atoms with Crippen LogP contribution < -0.4 is 10.6 Å². The van der Waals surface area contributed by atoms with Crippen LogP contribution in [0.1, 0.15) is 36.5 Å². The van der Waals surface area contributed by atoms with Gasteiger partial charge in [0.2, 0.25) is 0 Å². The summed E-state index contributed by atoms with van der Waals surface area (Å²) in [6.07, 6.45) is 3.04. The lowest BCUT2D eigenvalue weighted by Gasteiger charge is -2.09. The third kappa shape index (κ3) is 4.24. The lowest BCUT2D eigenvalue weighted by atomic mass is 10.1. The Morgan fingerprint density at radius 3 is 2.68 bits per heavy atom. The Labute approximate surface area is 112 Å². The van der Waals surface area contributed by atoms with Gasteiger partial charge in [0.05, 0.1) is 10.5 Å². The van der Waals surface area contributed by atoms with E-state index in [4.69, 9.17) is 0 Å². The summed E-state index contributed by atoms with van der Waals surface area (Å²) in [6.45, 7) is 2.67. The van der Waals surface area contributed by atoms with Crippen molar-refractivity contribution in [1.29, 1.82) is 0 Å². The molecule has 1 amide bonds. The van der Waals surface area contributed by atoms with Gasteiger partial charge in [-0.1, -0.05) is 19.8 Å². The molecule has 6 nitrogen and oxygen atoms in total. The van der Waals surface area contributed by atoms with Crippen LogP contribution in [-0.2, 0) is 0 Å². The van der Waals surface area contributed by atoms with Crippen LogP contribution in [0.5, 0.6) is 0 Å². The number of rotatable bonds is 7. The quantitative estimate of drug-likeness (QED) is 0.451. The maximum atomic E-state index is 12.0. The number of nitro benzene ring substituents is 1. The highest BCUT2D eigenvalue weighted by Crippen LogP contribution is 2.21. The van der Waals surface area contributed by atoms with Crippen molar-refractivity contribution in [2.45, 2.75) is 26.2 Å². The number of non-ortho nitro benzene ring substituents is 1. The van der Waals surface area contributed by atoms with Gasteiger partial charge in [-0.2, -0.15) is 0 Å². The van der Waals surface area contributed by atoms with E-state index in [-0.39, 0.29) is 11.6 Å². The highest BCUT2D eigenvalue weighted by Gasteiger charge is 2.15. The van der Waals surface area contributed by atoms with Crippen LogP contribution in [0.25, 0.3) is 0 Å². The monoisotopic (exact) mass is 265 g/mol. The van der Waals surface area contributed by atoms with E-state index in [1.807, 2.05) is 0 Å². The van der Waals surface area contributed by atoms with Crippen LogP contribution in [0.2, 0.25) is 0 Å². The van der Waals surface area contributed by atoms with Gasteiger partial charge in [0.15, 0.2) is 0 Å². The minimum absolute atomic E-state index is 0.0855. The maximum Gasteiger partial charge on any atom is 0.270 e. The molecule has 1 rings (SSSR count). The van der Waals surface area contributed by atoms with E-state index >= 15 is 0 Å². The topological polar surface area (TPSA) is 84.3 Å². The summed E-state index contributed by atoms with van der Waals surface area (Å²) in [5.74, 6) is -0.288. The SMILES string of the molecule is CCCCCNC(=O)c1cc([N+](=O)[O-])ccc1NC. The second-order valence-electron chi connectivity index (χ2n) is 4.20. The summed E-state index contributed by atoms with van der Waals surface area (Å²) in [5.41, 5.74) is 0.796. The molecule has 0 spiro atoms. The molecule has 0 atom stereocenters. The van der Waals surface area contributed by atoms with Gasteiger partial charge in [-0.3, -0.25) is 14.9 Å². The first-order chi connectivity index (χ1) is 9.10. The normalized spacial score (nSPS) is 10.0. The van der Waals surface area contributed by atoms with Crippen molar-refractivity contribution in [2.24, 2.45) is 0 Å². The second-order valence-corrected chi connectivity index (χ2v) is 4.20. The Kier molecular flexibility index (Phi) is 5.78. The van der Waals surface area contributed by atoms with E-state index in [0.717, 1.165) is 19.3 Å². The van der Waals surface area contributed by atoms with Crippen molar-refractivity contribution < 1.29 is 9.72 Å². The Balaban J connectivity index is 2.81. The van der Waals surface area contributed by atoms with Gasteiger partial charge in [0.1, 0.15) is 0 Å². The molecule has 0 saturated carbocycles. The molecule has 0 heterocycles. The highest BCUT2D eigenvalue weighted by molar-refractivity contribution is 6.00. The van der Waals surface area contributed by atoms with Gasteiger partial charge in [0.25, 0.3) is 11.6 Å². The Bertz CT molecular complexity index is 460. The van der Waals surface area contributed by atoms with Crippen molar-refractivity contribution in [3.8, 4) is 0 Å². The Morgan fingerprint density at radius 2 is 2.11 bits per heavy atom. The number of hydrogen-bond donors (Lipinski definition) is 2. The van der Waals surface area contributed by atoms with Crippen LogP contribution >= 0.6 is 0 Å². The van der Waals surface area contributed by atoms with E-state index in [2.05, 4.69) is 17.6 Å². The van der Waals surface area contributed by atoms with Gasteiger partial charge in [-0.25, -0.2) is 0 Å². The fraction of sp³-hybridized carbons (Fsp3) is 0.462. The second kappa shape index (κ2) is 7.35. The summed E-state index contributed by atoms with van der Waals surface area (Å²) >= 11 is 0. The summed E-state index contributed by atoms with van der Waals surface area (Å²) in [6, 6.07) is 4.21. The number of carbonyl (C=O) groups is 1. The highest BCUT2D eigenvalue weighted by atomic mass is 16.6. The first-order valence-electron chi connectivity index (χ1n) is 6.34. The van der Waals surface area contributed by atoms with Gasteiger partial charge < -0.3 is 10.6 Å². The standard InChI is InChI=1S/C13H19N3O3/c1-3-4-5-8-15-13(17)11-9-10(16(18)19)6-7-12(11)14-2/h6-7,9,14H,3-5,8H2,1-2H3,(H,15,17). The van der Waals surface area contributed by atoms with E-state index in [1.165, 1.54) is 12.1 Å². The van der Waals surface area contributed by atoms with Crippen molar-refractivity contribution in [1.82, 2.24) is 5.32 Å². The predicted octanol–water partition coefficient (Wildman–Crippen LogP) is 2.56. The van der Waals surface area contributed by atoms with E-state index in [0.29, 0.717) is 17.8 Å². The van der Waals surface area contributed by atoms with Crippen LogP contribution in [0.15, 0.2) is 18.2 Å². The number of hydrogen-bond acceptors (Lipinski definition) is 4. The average molecular weight is 265 g/mol. The van der Waals surface area contributed by atoms with E-state index < -0.39 is 4.92 Å². The fourth-order valence-electron chi connectivity index (χ4n) is 1.72. The zero-order valence-electron chi connectivity index (χ0n) is 11.2. The van der Waals surface area contributed by atoms with Gasteiger partial charge in [-0.15, -0.1) is 0 Å². The number of nitrogens with zero attached hydrogens (tertiary/aromatic N) is 1. The van der Waals surface area contributed by atoms with E-state index in [1.54, 1.807) is 13.1 Å². The molecule has 0 unspecified atom stereocenters. The van der Waals surface area contributed by atoms with Crippen molar-refractivity contribution in [3.63, 3.8) is 0 Å². The van der Waals surface area contributed by atoms with Crippen molar-refractivity contribution in [3.05, 3.63) is 33.9 Å². The predicted molar refractivity (Wildman–Crippen MR) is 74.5 cm³/mol. The molecule has 0 aliphatic rings. The van der Waals surface area contributed by atoms with Crippen molar-refractivity contribution >= 4 is 17.3 Å². The number of amides is 1. The van der Waals surface area contributed by atoms with Gasteiger partial charge in [0, 0.05) is 31.4 Å². The van der Waals surface area contributed by atoms with Crippen LogP contribution in [0.3, 0.4) is 0 Å². The van der Waals surface area contributed by atoms with Gasteiger partial charge in [-0.05, 0) is 12.5 Å². The minimum Gasteiger partial charge on any atom is -0.387 e. The number of anilines is 1. The first kappa shape index (κ1) is 14.9. The zero-order chi connectivity index (χ0) is 14.3. The molecule has 1 aromatic rings. The van der Waals surface area contributed by atoms with Gasteiger partial charge >= 0.3 is 0 Å². The molecule has 19 heavy (non-hydrogen) atoms. The van der Waals surface area contributed by atoms with Crippen LogP contribution in [0.4, 0.5) is 11.4 Å². The Morgan fingerprint density at radius 1 is 1.37 bits per heavy atom. The molecule has 0 radical (unpaired) electrons. The number of benzene rings is 1. The number of nitrogens with one attached hydrogen (secondary N) is 2. The molecule has 0 aromatic heterocycles. The van der Waals surface area contributed by atoms with Crippen molar-refractivity contribution in [2.75, 3.05) is 18.9 Å². The molecule has 6 heteroatoms. The molecule has 0 saturated heterocycles. The first-order valence-corrected chi connectivity index (χ1v) is 6.34. The lowest BCUT2D eigenvalue weighted by molar-refractivity contribution is -0.384. The molecule has 104 valence electrons. The molecule has 0 bridgehead atoms. The zero-order valence-corrected chi connectivity index (χ0v) is 11.2. The molecule has 0 aliphatic carbocycles. The number of unbranched alkanes of at least 4 members (excludes halogenated alkanes) is 2. The third-order valence-corrected chi connectivity index (χ3v) is 2.79. The molecule has 0 fully saturated rings. The maximum absolute atomic E-state index is 12.0. The number of carbonyl (C=O) groups excluding carboxylic acids is 1. The molecular weight excluding hydrogens is 246 g/mol. The summed E-state index contributed by atoms with van der Waals surface area (Å²) < 4.78 is 0. The lowest BCUT2D eigenvalue weighted by Crippen LogP contribution is -2.25. The number of nitro groups is 1. The minimum atomic E-state index is -0.507. The summed E-state index contributed by atoms with van der Waals surface area (Å²) in [7, 11) is 1.68. The smallest absolute Gasteiger partial charge is 0.270 e.